The minimum absolute atomic E-state index is 0.0588. The van der Waals surface area contributed by atoms with Crippen molar-refractivity contribution in [3.05, 3.63) is 46.9 Å². The van der Waals surface area contributed by atoms with E-state index >= 15 is 0 Å². The molecule has 0 aliphatic heterocycles. The fourth-order valence-electron chi connectivity index (χ4n) is 2.67. The Morgan fingerprint density at radius 2 is 1.72 bits per heavy atom. The number of thioether (sulfide) groups is 1. The summed E-state index contributed by atoms with van der Waals surface area (Å²) in [6, 6.07) is 6.38. The normalized spacial score (nSPS) is 12.9. The van der Waals surface area contributed by atoms with E-state index < -0.39 is 11.9 Å². The molecular formula is C20H21N3O5S. The lowest BCUT2D eigenvalue weighted by Crippen LogP contribution is -2.16. The summed E-state index contributed by atoms with van der Waals surface area (Å²) in [6.45, 7) is 1.74. The highest BCUT2D eigenvalue weighted by Crippen LogP contribution is 2.39. The summed E-state index contributed by atoms with van der Waals surface area (Å²) in [6.07, 6.45) is 2.06. The van der Waals surface area contributed by atoms with Gasteiger partial charge in [-0.3, -0.25) is 4.79 Å². The fraction of sp³-hybridized carbons (Fsp3) is 0.350. The van der Waals surface area contributed by atoms with Crippen LogP contribution >= 0.6 is 11.8 Å². The number of anilines is 1. The van der Waals surface area contributed by atoms with Gasteiger partial charge in [0.15, 0.2) is 0 Å². The molecule has 0 atom stereocenters. The molecule has 1 aliphatic rings. The third-order valence-electron chi connectivity index (χ3n) is 4.34. The van der Waals surface area contributed by atoms with Gasteiger partial charge in [-0.15, -0.1) is 0 Å². The van der Waals surface area contributed by atoms with Gasteiger partial charge in [-0.05, 0) is 44.0 Å². The van der Waals surface area contributed by atoms with Crippen LogP contribution in [0.25, 0.3) is 0 Å². The number of carbonyl (C=O) groups excluding carboxylic acids is 3. The summed E-state index contributed by atoms with van der Waals surface area (Å²) >= 11 is 1.17. The Bertz CT molecular complexity index is 942. The second-order valence-corrected chi connectivity index (χ2v) is 7.48. The van der Waals surface area contributed by atoms with E-state index in [4.69, 9.17) is 4.74 Å². The van der Waals surface area contributed by atoms with Crippen LogP contribution in [-0.4, -0.2) is 47.8 Å². The maximum absolute atomic E-state index is 12.3. The molecular weight excluding hydrogens is 394 g/mol. The maximum Gasteiger partial charge on any atom is 0.342 e. The zero-order chi connectivity index (χ0) is 21.0. The number of nitrogens with one attached hydrogen (secondary N) is 1. The molecule has 1 fully saturated rings. The number of hydrogen-bond acceptors (Lipinski definition) is 8. The second-order valence-electron chi connectivity index (χ2n) is 6.52. The van der Waals surface area contributed by atoms with Gasteiger partial charge in [0.1, 0.15) is 16.4 Å². The quantitative estimate of drug-likeness (QED) is 0.418. The predicted molar refractivity (Wildman–Crippen MR) is 107 cm³/mol. The Kier molecular flexibility index (Phi) is 6.48. The molecule has 1 aliphatic carbocycles. The minimum atomic E-state index is -0.522. The predicted octanol–water partition coefficient (Wildman–Crippen LogP) is 2.97. The first-order valence-electron chi connectivity index (χ1n) is 9.00. The number of rotatable bonds is 7. The molecule has 1 aromatic carbocycles. The number of aryl methyl sites for hydroxylation is 1. The molecule has 9 heteroatoms. The van der Waals surface area contributed by atoms with Gasteiger partial charge in [0, 0.05) is 11.6 Å². The van der Waals surface area contributed by atoms with Gasteiger partial charge in [0.25, 0.3) is 0 Å². The average molecular weight is 415 g/mol. The monoisotopic (exact) mass is 415 g/mol. The number of carbonyl (C=O) groups is 3. The van der Waals surface area contributed by atoms with Gasteiger partial charge < -0.3 is 14.8 Å². The second kappa shape index (κ2) is 9.04. The van der Waals surface area contributed by atoms with E-state index in [1.165, 1.54) is 26.0 Å². The highest BCUT2D eigenvalue weighted by Gasteiger charge is 2.29. The largest absolute Gasteiger partial charge is 0.465 e. The van der Waals surface area contributed by atoms with Crippen LogP contribution in [0.1, 0.15) is 51.0 Å². The number of methoxy groups -OCH3 is 2. The van der Waals surface area contributed by atoms with Crippen molar-refractivity contribution in [1.82, 2.24) is 9.97 Å². The van der Waals surface area contributed by atoms with Gasteiger partial charge >= 0.3 is 11.9 Å². The Hall–Kier alpha value is -2.94. The van der Waals surface area contributed by atoms with Crippen molar-refractivity contribution in [3.8, 4) is 0 Å². The molecule has 0 radical (unpaired) electrons. The van der Waals surface area contributed by atoms with Crippen LogP contribution < -0.4 is 5.32 Å². The fourth-order valence-corrected chi connectivity index (χ4v) is 3.54. The molecule has 1 saturated carbocycles. The smallest absolute Gasteiger partial charge is 0.342 e. The van der Waals surface area contributed by atoms with E-state index in [0.29, 0.717) is 33.7 Å². The Labute approximate surface area is 172 Å². The molecule has 1 heterocycles. The number of benzene rings is 1. The summed E-state index contributed by atoms with van der Waals surface area (Å²) in [4.78, 5) is 44.9. The van der Waals surface area contributed by atoms with Gasteiger partial charge in [-0.2, -0.15) is 0 Å². The van der Waals surface area contributed by atoms with E-state index in [9.17, 15) is 14.4 Å². The number of hydrogen-bond donors (Lipinski definition) is 1. The number of amides is 1. The summed E-state index contributed by atoms with van der Waals surface area (Å²) in [5.74, 6) is -0.145. The number of esters is 2. The molecule has 8 nitrogen and oxygen atoms in total. The van der Waals surface area contributed by atoms with Crippen molar-refractivity contribution >= 4 is 35.3 Å². The van der Waals surface area contributed by atoms with Crippen molar-refractivity contribution in [1.29, 1.82) is 0 Å². The zero-order valence-electron chi connectivity index (χ0n) is 16.4. The van der Waals surface area contributed by atoms with Crippen molar-refractivity contribution in [2.45, 2.75) is 30.7 Å². The molecule has 3 rings (SSSR count). The van der Waals surface area contributed by atoms with Crippen LogP contribution in [0.4, 0.5) is 5.69 Å². The Morgan fingerprint density at radius 1 is 1.07 bits per heavy atom. The van der Waals surface area contributed by atoms with Crippen molar-refractivity contribution < 1.29 is 23.9 Å². The van der Waals surface area contributed by atoms with Crippen LogP contribution in [0.3, 0.4) is 0 Å². The summed E-state index contributed by atoms with van der Waals surface area (Å²) in [7, 11) is 2.61. The van der Waals surface area contributed by atoms with Gasteiger partial charge in [-0.25, -0.2) is 19.6 Å². The topological polar surface area (TPSA) is 107 Å². The van der Waals surface area contributed by atoms with Crippen molar-refractivity contribution in [2.24, 2.45) is 0 Å². The first kappa shape index (κ1) is 20.8. The van der Waals surface area contributed by atoms with E-state index in [-0.39, 0.29) is 17.2 Å². The standard InChI is InChI=1S/C20H21N3O5S/c1-11-16(20(26)28-3)18(23-17(21-11)12-4-5-12)29-10-15(24)22-14-8-6-13(7-9-14)19(25)27-2/h6-9,12H,4-5,10H2,1-3H3,(H,22,24). The van der Waals surface area contributed by atoms with Crippen LogP contribution in [0.5, 0.6) is 0 Å². The molecule has 152 valence electrons. The minimum Gasteiger partial charge on any atom is -0.465 e. The first-order valence-corrected chi connectivity index (χ1v) is 9.99. The van der Waals surface area contributed by atoms with Crippen molar-refractivity contribution in [2.75, 3.05) is 25.3 Å². The van der Waals surface area contributed by atoms with E-state index in [2.05, 4.69) is 20.0 Å². The molecule has 0 unspecified atom stereocenters. The zero-order valence-corrected chi connectivity index (χ0v) is 17.2. The van der Waals surface area contributed by atoms with Gasteiger partial charge in [0.05, 0.1) is 31.2 Å². The number of nitrogens with zero attached hydrogens (tertiary/aromatic N) is 2. The highest BCUT2D eigenvalue weighted by molar-refractivity contribution is 8.00. The molecule has 1 amide bonds. The third kappa shape index (κ3) is 5.11. The summed E-state index contributed by atoms with van der Waals surface area (Å²) in [5, 5.41) is 3.20. The molecule has 0 bridgehead atoms. The number of ether oxygens (including phenoxy) is 2. The van der Waals surface area contributed by atoms with Gasteiger partial charge in [0.2, 0.25) is 5.91 Å². The van der Waals surface area contributed by atoms with Crippen LogP contribution in [0.15, 0.2) is 29.3 Å². The van der Waals surface area contributed by atoms with Crippen LogP contribution in [0.2, 0.25) is 0 Å². The molecule has 0 saturated heterocycles. The molecule has 2 aromatic rings. The lowest BCUT2D eigenvalue weighted by atomic mass is 10.2. The van der Waals surface area contributed by atoms with Crippen molar-refractivity contribution in [3.63, 3.8) is 0 Å². The first-order chi connectivity index (χ1) is 13.9. The number of aromatic nitrogens is 2. The lowest BCUT2D eigenvalue weighted by molar-refractivity contribution is -0.113. The summed E-state index contributed by atoms with van der Waals surface area (Å²) in [5.41, 5.74) is 1.79. The Balaban J connectivity index is 1.69. The third-order valence-corrected chi connectivity index (χ3v) is 5.31. The van der Waals surface area contributed by atoms with E-state index in [1.807, 2.05) is 0 Å². The van der Waals surface area contributed by atoms with Crippen LogP contribution in [-0.2, 0) is 14.3 Å². The Morgan fingerprint density at radius 3 is 2.31 bits per heavy atom. The molecule has 0 spiro atoms. The highest BCUT2D eigenvalue weighted by atomic mass is 32.2. The molecule has 29 heavy (non-hydrogen) atoms. The lowest BCUT2D eigenvalue weighted by Gasteiger charge is -2.11. The van der Waals surface area contributed by atoms with Crippen LogP contribution in [0, 0.1) is 6.92 Å². The average Bonchev–Trinajstić information content (AvgIpc) is 3.56. The molecule has 1 aromatic heterocycles. The maximum atomic E-state index is 12.3. The molecule has 1 N–H and O–H groups in total. The van der Waals surface area contributed by atoms with E-state index in [1.54, 1.807) is 31.2 Å². The van der Waals surface area contributed by atoms with E-state index in [0.717, 1.165) is 12.8 Å². The SMILES string of the molecule is COC(=O)c1ccc(NC(=O)CSc2nc(C3CC3)nc(C)c2C(=O)OC)cc1. The van der Waals surface area contributed by atoms with Gasteiger partial charge in [-0.1, -0.05) is 11.8 Å². The summed E-state index contributed by atoms with van der Waals surface area (Å²) < 4.78 is 9.49.